The fourth-order valence-electron chi connectivity index (χ4n) is 1.95. The highest BCUT2D eigenvalue weighted by Crippen LogP contribution is 2.22. The van der Waals surface area contributed by atoms with Gasteiger partial charge in [-0.2, -0.15) is 4.98 Å². The SMILES string of the molecule is Nc1nc(Cl)cc(Nc2cccc(OCc3ccccn3)c2)n1. The van der Waals surface area contributed by atoms with E-state index < -0.39 is 0 Å². The average molecular weight is 328 g/mol. The monoisotopic (exact) mass is 327 g/mol. The van der Waals surface area contributed by atoms with Crippen LogP contribution in [0.3, 0.4) is 0 Å². The van der Waals surface area contributed by atoms with Crippen molar-refractivity contribution in [1.29, 1.82) is 0 Å². The van der Waals surface area contributed by atoms with Crippen molar-refractivity contribution < 1.29 is 4.74 Å². The first-order valence-electron chi connectivity index (χ1n) is 6.89. The van der Waals surface area contributed by atoms with Gasteiger partial charge in [0.2, 0.25) is 5.95 Å². The van der Waals surface area contributed by atoms with Crippen molar-refractivity contribution in [3.8, 4) is 5.75 Å². The van der Waals surface area contributed by atoms with Gasteiger partial charge < -0.3 is 15.8 Å². The number of nitrogens with two attached hydrogens (primary N) is 1. The molecule has 6 nitrogen and oxygen atoms in total. The highest BCUT2D eigenvalue weighted by atomic mass is 35.5. The number of nitrogen functional groups attached to an aromatic ring is 1. The van der Waals surface area contributed by atoms with E-state index in [1.807, 2.05) is 42.5 Å². The fraction of sp³-hybridized carbons (Fsp3) is 0.0625. The van der Waals surface area contributed by atoms with Crippen LogP contribution in [0, 0.1) is 0 Å². The van der Waals surface area contributed by atoms with E-state index in [1.165, 1.54) is 0 Å². The van der Waals surface area contributed by atoms with Gasteiger partial charge in [0.25, 0.3) is 0 Å². The molecule has 0 fully saturated rings. The van der Waals surface area contributed by atoms with Crippen LogP contribution >= 0.6 is 11.6 Å². The number of aromatic nitrogens is 3. The van der Waals surface area contributed by atoms with Crippen LogP contribution in [-0.2, 0) is 6.61 Å². The lowest BCUT2D eigenvalue weighted by Crippen LogP contribution is -2.01. The maximum atomic E-state index is 5.86. The Labute approximate surface area is 138 Å². The minimum Gasteiger partial charge on any atom is -0.487 e. The van der Waals surface area contributed by atoms with Gasteiger partial charge in [-0.25, -0.2) is 4.98 Å². The zero-order chi connectivity index (χ0) is 16.1. The van der Waals surface area contributed by atoms with E-state index in [4.69, 9.17) is 22.1 Å². The number of ether oxygens (including phenoxy) is 1. The van der Waals surface area contributed by atoms with Gasteiger partial charge in [0.05, 0.1) is 5.69 Å². The largest absolute Gasteiger partial charge is 0.487 e. The highest BCUT2D eigenvalue weighted by molar-refractivity contribution is 6.29. The molecule has 2 aromatic heterocycles. The molecule has 3 aromatic rings. The van der Waals surface area contributed by atoms with E-state index >= 15 is 0 Å². The molecule has 2 heterocycles. The molecule has 0 saturated heterocycles. The summed E-state index contributed by atoms with van der Waals surface area (Å²) in [6, 6.07) is 14.8. The Kier molecular flexibility index (Phi) is 4.54. The summed E-state index contributed by atoms with van der Waals surface area (Å²) in [5, 5.41) is 3.39. The number of nitrogens with zero attached hydrogens (tertiary/aromatic N) is 3. The number of hydrogen-bond acceptors (Lipinski definition) is 6. The number of benzene rings is 1. The van der Waals surface area contributed by atoms with E-state index in [0.29, 0.717) is 18.2 Å². The molecular weight excluding hydrogens is 314 g/mol. The van der Waals surface area contributed by atoms with E-state index in [2.05, 4.69) is 20.3 Å². The molecule has 0 aliphatic heterocycles. The van der Waals surface area contributed by atoms with Crippen molar-refractivity contribution in [3.05, 3.63) is 65.6 Å². The second-order valence-electron chi connectivity index (χ2n) is 4.70. The molecule has 0 amide bonds. The predicted octanol–water partition coefficient (Wildman–Crippen LogP) is 3.43. The second kappa shape index (κ2) is 6.93. The standard InChI is InChI=1S/C16H14ClN5O/c17-14-9-15(22-16(18)21-14)20-11-5-3-6-13(8-11)23-10-12-4-1-2-7-19-12/h1-9H,10H2,(H3,18,20,21,22). The van der Waals surface area contributed by atoms with Crippen molar-refractivity contribution in [2.45, 2.75) is 6.61 Å². The lowest BCUT2D eigenvalue weighted by Gasteiger charge is -2.09. The molecule has 0 saturated carbocycles. The molecule has 0 aliphatic carbocycles. The second-order valence-corrected chi connectivity index (χ2v) is 5.08. The number of rotatable bonds is 5. The summed E-state index contributed by atoms with van der Waals surface area (Å²) in [6.07, 6.45) is 1.74. The maximum absolute atomic E-state index is 5.86. The minimum atomic E-state index is 0.113. The van der Waals surface area contributed by atoms with Gasteiger partial charge in [-0.15, -0.1) is 0 Å². The molecule has 0 unspecified atom stereocenters. The van der Waals surface area contributed by atoms with Crippen molar-refractivity contribution in [3.63, 3.8) is 0 Å². The molecule has 3 N–H and O–H groups in total. The summed E-state index contributed by atoms with van der Waals surface area (Å²) in [5.41, 5.74) is 7.24. The molecule has 0 atom stereocenters. The van der Waals surface area contributed by atoms with Crippen LogP contribution < -0.4 is 15.8 Å². The van der Waals surface area contributed by atoms with Crippen molar-refractivity contribution >= 4 is 29.1 Å². The summed E-state index contributed by atoms with van der Waals surface area (Å²) in [5.74, 6) is 1.35. The summed E-state index contributed by atoms with van der Waals surface area (Å²) < 4.78 is 5.73. The number of anilines is 3. The highest BCUT2D eigenvalue weighted by Gasteiger charge is 2.03. The first-order valence-corrected chi connectivity index (χ1v) is 7.27. The van der Waals surface area contributed by atoms with Crippen molar-refractivity contribution in [2.75, 3.05) is 11.1 Å². The van der Waals surface area contributed by atoms with Crippen LogP contribution in [0.15, 0.2) is 54.7 Å². The van der Waals surface area contributed by atoms with Crippen LogP contribution in [0.1, 0.15) is 5.69 Å². The summed E-state index contributed by atoms with van der Waals surface area (Å²) in [7, 11) is 0. The van der Waals surface area contributed by atoms with Crippen molar-refractivity contribution in [1.82, 2.24) is 15.0 Å². The smallest absolute Gasteiger partial charge is 0.223 e. The average Bonchev–Trinajstić information content (AvgIpc) is 2.53. The van der Waals surface area contributed by atoms with Gasteiger partial charge >= 0.3 is 0 Å². The zero-order valence-corrected chi connectivity index (χ0v) is 12.9. The summed E-state index contributed by atoms with van der Waals surface area (Å²) in [4.78, 5) is 12.1. The van der Waals surface area contributed by atoms with Crippen LogP contribution in [0.25, 0.3) is 0 Å². The summed E-state index contributed by atoms with van der Waals surface area (Å²) >= 11 is 5.86. The molecule has 0 bridgehead atoms. The minimum absolute atomic E-state index is 0.113. The third kappa shape index (κ3) is 4.31. The lowest BCUT2D eigenvalue weighted by atomic mass is 10.3. The molecule has 23 heavy (non-hydrogen) atoms. The quantitative estimate of drug-likeness (QED) is 0.698. The molecule has 116 valence electrons. The Balaban J connectivity index is 1.69. The first kappa shape index (κ1) is 15.1. The predicted molar refractivity (Wildman–Crippen MR) is 89.7 cm³/mol. The molecule has 0 spiro atoms. The Bertz CT molecular complexity index is 777. The molecule has 1 aromatic carbocycles. The number of hydrogen-bond donors (Lipinski definition) is 2. The first-order chi connectivity index (χ1) is 11.2. The molecular formula is C16H14ClN5O. The van der Waals surface area contributed by atoms with Crippen molar-refractivity contribution in [2.24, 2.45) is 0 Å². The Hall–Kier alpha value is -2.86. The lowest BCUT2D eigenvalue weighted by molar-refractivity contribution is 0.301. The zero-order valence-electron chi connectivity index (χ0n) is 12.1. The third-order valence-corrected chi connectivity index (χ3v) is 3.13. The van der Waals surface area contributed by atoms with Crippen LogP contribution in [0.4, 0.5) is 17.5 Å². The van der Waals surface area contributed by atoms with E-state index in [9.17, 15) is 0 Å². The fourth-order valence-corrected chi connectivity index (χ4v) is 2.14. The van der Waals surface area contributed by atoms with E-state index in [-0.39, 0.29) is 11.1 Å². The Morgan fingerprint density at radius 3 is 2.78 bits per heavy atom. The van der Waals surface area contributed by atoms with Gasteiger partial charge in [0.1, 0.15) is 23.3 Å². The molecule has 7 heteroatoms. The Morgan fingerprint density at radius 2 is 2.00 bits per heavy atom. The van der Waals surface area contributed by atoms with Gasteiger partial charge in [-0.1, -0.05) is 23.7 Å². The number of nitrogens with one attached hydrogen (secondary N) is 1. The van der Waals surface area contributed by atoms with Gasteiger partial charge in [-0.3, -0.25) is 4.98 Å². The van der Waals surface area contributed by atoms with Gasteiger partial charge in [0.15, 0.2) is 0 Å². The third-order valence-electron chi connectivity index (χ3n) is 2.93. The number of pyridine rings is 1. The number of halogens is 1. The molecule has 0 aliphatic rings. The van der Waals surface area contributed by atoms with Gasteiger partial charge in [-0.05, 0) is 24.3 Å². The maximum Gasteiger partial charge on any atom is 0.223 e. The van der Waals surface area contributed by atoms with Crippen LogP contribution in [0.2, 0.25) is 5.15 Å². The van der Waals surface area contributed by atoms with Crippen LogP contribution in [-0.4, -0.2) is 15.0 Å². The van der Waals surface area contributed by atoms with Gasteiger partial charge in [0, 0.05) is 24.0 Å². The van der Waals surface area contributed by atoms with Crippen LogP contribution in [0.5, 0.6) is 5.75 Å². The van der Waals surface area contributed by atoms with E-state index in [1.54, 1.807) is 12.3 Å². The Morgan fingerprint density at radius 1 is 1.09 bits per heavy atom. The summed E-state index contributed by atoms with van der Waals surface area (Å²) in [6.45, 7) is 0.399. The molecule has 0 radical (unpaired) electrons. The topological polar surface area (TPSA) is 86.0 Å². The van der Waals surface area contributed by atoms with E-state index in [0.717, 1.165) is 11.4 Å². The normalized spacial score (nSPS) is 10.3. The molecule has 3 rings (SSSR count).